The molecule has 2 aromatic heterocycles. The molecule has 0 bridgehead atoms. The first-order valence-corrected chi connectivity index (χ1v) is 7.88. The first-order valence-electron chi connectivity index (χ1n) is 7.50. The molecule has 112 valence electrons. The summed E-state index contributed by atoms with van der Waals surface area (Å²) >= 11 is 6.39. The summed E-state index contributed by atoms with van der Waals surface area (Å²) in [7, 11) is 0. The van der Waals surface area contributed by atoms with Crippen molar-refractivity contribution < 1.29 is 0 Å². The minimum absolute atomic E-state index is 0.435. The Kier molecular flexibility index (Phi) is 3.48. The van der Waals surface area contributed by atoms with Crippen molar-refractivity contribution in [3.63, 3.8) is 0 Å². The molecule has 4 nitrogen and oxygen atoms in total. The van der Waals surface area contributed by atoms with Gasteiger partial charge in [0.15, 0.2) is 0 Å². The van der Waals surface area contributed by atoms with Gasteiger partial charge in [-0.25, -0.2) is 4.98 Å². The number of benzene rings is 1. The summed E-state index contributed by atoms with van der Waals surface area (Å²) < 4.78 is 0. The van der Waals surface area contributed by atoms with Gasteiger partial charge in [-0.05, 0) is 25.1 Å². The van der Waals surface area contributed by atoms with E-state index in [1.807, 2.05) is 24.4 Å². The lowest BCUT2D eigenvalue weighted by atomic mass is 10.1. The van der Waals surface area contributed by atoms with Crippen molar-refractivity contribution in [2.75, 3.05) is 18.4 Å². The maximum atomic E-state index is 6.39. The average Bonchev–Trinajstić information content (AvgIpc) is 3.19. The van der Waals surface area contributed by atoms with Gasteiger partial charge >= 0.3 is 0 Å². The summed E-state index contributed by atoms with van der Waals surface area (Å²) in [5.74, 6) is 0.874. The normalized spacial score (nSPS) is 18.0. The molecule has 1 aromatic carbocycles. The van der Waals surface area contributed by atoms with Crippen LogP contribution in [0.3, 0.4) is 0 Å². The molecule has 0 spiro atoms. The van der Waals surface area contributed by atoms with Crippen LogP contribution >= 0.6 is 11.6 Å². The maximum Gasteiger partial charge on any atom is 0.126 e. The summed E-state index contributed by atoms with van der Waals surface area (Å²) in [6, 6.07) is 10.7. The molecule has 1 saturated heterocycles. The third kappa shape index (κ3) is 2.45. The van der Waals surface area contributed by atoms with E-state index in [0.717, 1.165) is 42.0 Å². The summed E-state index contributed by atoms with van der Waals surface area (Å²) in [5.41, 5.74) is 3.22. The summed E-state index contributed by atoms with van der Waals surface area (Å²) in [6.07, 6.45) is 4.85. The Morgan fingerprint density at radius 2 is 2.14 bits per heavy atom. The quantitative estimate of drug-likeness (QED) is 0.692. The first kappa shape index (κ1) is 13.6. The van der Waals surface area contributed by atoms with Gasteiger partial charge in [-0.15, -0.1) is 0 Å². The Morgan fingerprint density at radius 3 is 3.00 bits per heavy atom. The highest BCUT2D eigenvalue weighted by atomic mass is 35.5. The molecule has 0 aliphatic carbocycles. The average molecular weight is 313 g/mol. The number of nitrogens with zero attached hydrogens (tertiary/aromatic N) is 1. The van der Waals surface area contributed by atoms with Crippen molar-refractivity contribution in [3.8, 4) is 11.1 Å². The fourth-order valence-corrected chi connectivity index (χ4v) is 3.21. The third-order valence-electron chi connectivity index (χ3n) is 4.15. The molecule has 22 heavy (non-hydrogen) atoms. The standard InChI is InChI=1S/C17H17ClN4/c18-15-10-21-17(22-11-5-6-19-8-11)7-13(15)14-9-20-16-4-2-1-3-12(14)16/h1-4,7,9-11,19-20H,5-6,8H2,(H,21,22)/t11-/m1/s1. The molecular weight excluding hydrogens is 296 g/mol. The van der Waals surface area contributed by atoms with Gasteiger partial charge in [0.05, 0.1) is 5.02 Å². The molecule has 1 aliphatic rings. The number of aromatic amines is 1. The molecule has 0 radical (unpaired) electrons. The summed E-state index contributed by atoms with van der Waals surface area (Å²) in [6.45, 7) is 2.04. The van der Waals surface area contributed by atoms with Crippen LogP contribution < -0.4 is 10.6 Å². The summed E-state index contributed by atoms with van der Waals surface area (Å²) in [4.78, 5) is 7.71. The predicted molar refractivity (Wildman–Crippen MR) is 91.4 cm³/mol. The Balaban J connectivity index is 1.74. The lowest BCUT2D eigenvalue weighted by Crippen LogP contribution is -2.22. The van der Waals surface area contributed by atoms with Gasteiger partial charge in [-0.3, -0.25) is 0 Å². The molecule has 5 heteroatoms. The predicted octanol–water partition coefficient (Wildman–Crippen LogP) is 3.66. The summed E-state index contributed by atoms with van der Waals surface area (Å²) in [5, 5.41) is 8.66. The largest absolute Gasteiger partial charge is 0.366 e. The SMILES string of the molecule is Clc1cnc(N[C@@H]2CCNC2)cc1-c1c[nH]c2ccccc12. The highest BCUT2D eigenvalue weighted by Crippen LogP contribution is 2.34. The lowest BCUT2D eigenvalue weighted by Gasteiger charge is -2.13. The molecule has 1 fully saturated rings. The molecular formula is C17H17ClN4. The van der Waals surface area contributed by atoms with Gasteiger partial charge in [0.2, 0.25) is 0 Å². The highest BCUT2D eigenvalue weighted by molar-refractivity contribution is 6.33. The van der Waals surface area contributed by atoms with Crippen LogP contribution in [-0.4, -0.2) is 29.1 Å². The molecule has 3 N–H and O–H groups in total. The first-order chi connectivity index (χ1) is 10.8. The van der Waals surface area contributed by atoms with Crippen LogP contribution in [0.25, 0.3) is 22.0 Å². The number of aromatic nitrogens is 2. The molecule has 1 aliphatic heterocycles. The Morgan fingerprint density at radius 1 is 1.23 bits per heavy atom. The second-order valence-corrected chi connectivity index (χ2v) is 6.04. The van der Waals surface area contributed by atoms with E-state index >= 15 is 0 Å². The zero-order valence-corrected chi connectivity index (χ0v) is 12.8. The van der Waals surface area contributed by atoms with E-state index in [1.165, 1.54) is 5.39 Å². The van der Waals surface area contributed by atoms with Crippen LogP contribution in [0.15, 0.2) is 42.7 Å². The van der Waals surface area contributed by atoms with Gasteiger partial charge in [-0.1, -0.05) is 29.8 Å². The number of fused-ring (bicyclic) bond motifs is 1. The minimum Gasteiger partial charge on any atom is -0.366 e. The number of halogens is 1. The van der Waals surface area contributed by atoms with Crippen molar-refractivity contribution >= 4 is 28.3 Å². The van der Waals surface area contributed by atoms with E-state index in [4.69, 9.17) is 11.6 Å². The number of pyridine rings is 1. The van der Waals surface area contributed by atoms with Crippen molar-refractivity contribution in [1.29, 1.82) is 0 Å². The van der Waals surface area contributed by atoms with Crippen LogP contribution in [0, 0.1) is 0 Å². The third-order valence-corrected chi connectivity index (χ3v) is 4.45. The molecule has 3 aromatic rings. The van der Waals surface area contributed by atoms with Crippen molar-refractivity contribution in [1.82, 2.24) is 15.3 Å². The Bertz CT molecular complexity index is 805. The second-order valence-electron chi connectivity index (χ2n) is 5.63. The highest BCUT2D eigenvalue weighted by Gasteiger charge is 2.16. The Hall–Kier alpha value is -2.04. The molecule has 4 rings (SSSR count). The second kappa shape index (κ2) is 5.63. The number of nitrogens with one attached hydrogen (secondary N) is 3. The van der Waals surface area contributed by atoms with Crippen molar-refractivity contribution in [2.24, 2.45) is 0 Å². The number of H-pyrrole nitrogens is 1. The molecule has 0 saturated carbocycles. The molecule has 1 atom stereocenters. The maximum absolute atomic E-state index is 6.39. The topological polar surface area (TPSA) is 52.7 Å². The van der Waals surface area contributed by atoms with E-state index in [1.54, 1.807) is 6.20 Å². The fourth-order valence-electron chi connectivity index (χ4n) is 3.01. The van der Waals surface area contributed by atoms with Gasteiger partial charge < -0.3 is 15.6 Å². The van der Waals surface area contributed by atoms with Crippen LogP contribution in [-0.2, 0) is 0 Å². The fraction of sp³-hybridized carbons (Fsp3) is 0.235. The van der Waals surface area contributed by atoms with Gasteiger partial charge in [-0.2, -0.15) is 0 Å². The minimum atomic E-state index is 0.435. The van der Waals surface area contributed by atoms with E-state index < -0.39 is 0 Å². The van der Waals surface area contributed by atoms with Crippen molar-refractivity contribution in [2.45, 2.75) is 12.5 Å². The monoisotopic (exact) mass is 312 g/mol. The van der Waals surface area contributed by atoms with Crippen LogP contribution in [0.4, 0.5) is 5.82 Å². The smallest absolute Gasteiger partial charge is 0.126 e. The van der Waals surface area contributed by atoms with Crippen molar-refractivity contribution in [3.05, 3.63) is 47.7 Å². The van der Waals surface area contributed by atoms with Gasteiger partial charge in [0.25, 0.3) is 0 Å². The van der Waals surface area contributed by atoms with Crippen LogP contribution in [0.2, 0.25) is 5.02 Å². The molecule has 3 heterocycles. The van der Waals surface area contributed by atoms with E-state index in [0.29, 0.717) is 11.1 Å². The zero-order valence-electron chi connectivity index (χ0n) is 12.1. The Labute approximate surface area is 133 Å². The van der Waals surface area contributed by atoms with Crippen LogP contribution in [0.1, 0.15) is 6.42 Å². The van der Waals surface area contributed by atoms with E-state index in [9.17, 15) is 0 Å². The number of rotatable bonds is 3. The van der Waals surface area contributed by atoms with Gasteiger partial charge in [0, 0.05) is 47.0 Å². The number of hydrogen-bond donors (Lipinski definition) is 3. The zero-order chi connectivity index (χ0) is 14.9. The van der Waals surface area contributed by atoms with Crippen LogP contribution in [0.5, 0.6) is 0 Å². The van der Waals surface area contributed by atoms with Gasteiger partial charge in [0.1, 0.15) is 5.82 Å². The molecule has 0 amide bonds. The van der Waals surface area contributed by atoms with E-state index in [2.05, 4.69) is 32.7 Å². The number of hydrogen-bond acceptors (Lipinski definition) is 3. The number of anilines is 1. The number of para-hydroxylation sites is 1. The van der Waals surface area contributed by atoms with E-state index in [-0.39, 0.29) is 0 Å². The molecule has 0 unspecified atom stereocenters. The lowest BCUT2D eigenvalue weighted by molar-refractivity contribution is 0.788.